The second-order valence-corrected chi connectivity index (χ2v) is 4.92. The summed E-state index contributed by atoms with van der Waals surface area (Å²) in [6.07, 6.45) is 1.18. The van der Waals surface area contributed by atoms with Gasteiger partial charge in [0.2, 0.25) is 5.91 Å². The van der Waals surface area contributed by atoms with Crippen LogP contribution in [0.2, 0.25) is 10.0 Å². The van der Waals surface area contributed by atoms with Crippen molar-refractivity contribution in [2.75, 3.05) is 0 Å². The molecule has 1 N–H and O–H groups in total. The molecule has 0 fully saturated rings. The van der Waals surface area contributed by atoms with Crippen LogP contribution in [0.3, 0.4) is 0 Å². The molecular formula is C13H10Cl2FN3O2. The molecule has 0 saturated carbocycles. The zero-order chi connectivity index (χ0) is 15.4. The lowest BCUT2D eigenvalue weighted by Crippen LogP contribution is -2.33. The lowest BCUT2D eigenvalue weighted by atomic mass is 10.2. The number of nitrogens with zero attached hydrogens (tertiary/aromatic N) is 2. The van der Waals surface area contributed by atoms with Crippen molar-refractivity contribution in [3.8, 4) is 0 Å². The Labute approximate surface area is 129 Å². The molecule has 21 heavy (non-hydrogen) atoms. The van der Waals surface area contributed by atoms with E-state index in [9.17, 15) is 14.0 Å². The van der Waals surface area contributed by atoms with Crippen LogP contribution >= 0.6 is 23.2 Å². The fourth-order valence-electron chi connectivity index (χ4n) is 1.59. The predicted molar refractivity (Wildman–Crippen MR) is 76.8 cm³/mol. The Hall–Kier alpha value is -1.92. The Morgan fingerprint density at radius 3 is 2.76 bits per heavy atom. The Kier molecular flexibility index (Phi) is 4.93. The zero-order valence-corrected chi connectivity index (χ0v) is 12.2. The van der Waals surface area contributed by atoms with E-state index in [-0.39, 0.29) is 23.1 Å². The third-order valence-corrected chi connectivity index (χ3v) is 3.42. The van der Waals surface area contributed by atoms with Crippen molar-refractivity contribution in [1.29, 1.82) is 0 Å². The van der Waals surface area contributed by atoms with Gasteiger partial charge in [-0.05, 0) is 6.07 Å². The topological polar surface area (TPSA) is 64.0 Å². The van der Waals surface area contributed by atoms with Crippen molar-refractivity contribution < 1.29 is 9.18 Å². The highest BCUT2D eigenvalue weighted by atomic mass is 35.5. The van der Waals surface area contributed by atoms with E-state index in [0.717, 1.165) is 4.68 Å². The van der Waals surface area contributed by atoms with Gasteiger partial charge >= 0.3 is 0 Å². The van der Waals surface area contributed by atoms with E-state index in [1.165, 1.54) is 12.3 Å². The molecule has 2 aromatic rings. The monoisotopic (exact) mass is 329 g/mol. The molecule has 0 saturated heterocycles. The van der Waals surface area contributed by atoms with E-state index in [2.05, 4.69) is 10.4 Å². The van der Waals surface area contributed by atoms with E-state index in [0.29, 0.717) is 5.56 Å². The first-order chi connectivity index (χ1) is 9.99. The molecule has 0 spiro atoms. The molecule has 1 aromatic carbocycles. The Balaban J connectivity index is 2.02. The smallest absolute Gasteiger partial charge is 0.287 e. The molecule has 1 amide bonds. The molecule has 0 aliphatic rings. The van der Waals surface area contributed by atoms with Crippen LogP contribution in [0.25, 0.3) is 0 Å². The van der Waals surface area contributed by atoms with Gasteiger partial charge in [0, 0.05) is 12.1 Å². The van der Waals surface area contributed by atoms with Gasteiger partial charge in [-0.15, -0.1) is 0 Å². The van der Waals surface area contributed by atoms with Gasteiger partial charge in [-0.2, -0.15) is 5.10 Å². The molecule has 1 aromatic heterocycles. The third kappa shape index (κ3) is 3.80. The normalized spacial score (nSPS) is 10.4. The molecule has 0 radical (unpaired) electrons. The first-order valence-electron chi connectivity index (χ1n) is 5.90. The first-order valence-corrected chi connectivity index (χ1v) is 6.66. The van der Waals surface area contributed by atoms with Crippen LogP contribution in [0.4, 0.5) is 4.39 Å². The van der Waals surface area contributed by atoms with Gasteiger partial charge in [-0.3, -0.25) is 9.59 Å². The van der Waals surface area contributed by atoms with E-state index in [1.807, 2.05) is 0 Å². The van der Waals surface area contributed by atoms with E-state index >= 15 is 0 Å². The highest BCUT2D eigenvalue weighted by Crippen LogP contribution is 2.14. The van der Waals surface area contributed by atoms with Gasteiger partial charge in [0.25, 0.3) is 5.56 Å². The van der Waals surface area contributed by atoms with Crippen LogP contribution in [-0.2, 0) is 17.9 Å². The van der Waals surface area contributed by atoms with Crippen molar-refractivity contribution in [2.45, 2.75) is 13.1 Å². The maximum Gasteiger partial charge on any atom is 0.287 e. The molecule has 0 bridgehead atoms. The van der Waals surface area contributed by atoms with Crippen LogP contribution < -0.4 is 10.9 Å². The summed E-state index contributed by atoms with van der Waals surface area (Å²) in [5.74, 6) is -0.908. The number of carbonyl (C=O) groups excluding carboxylic acids is 1. The molecule has 110 valence electrons. The number of aromatic nitrogens is 2. The van der Waals surface area contributed by atoms with E-state index in [4.69, 9.17) is 23.2 Å². The second kappa shape index (κ2) is 6.69. The molecule has 1 heterocycles. The molecule has 8 heteroatoms. The number of nitrogens with one attached hydrogen (secondary N) is 1. The van der Waals surface area contributed by atoms with Crippen molar-refractivity contribution in [3.63, 3.8) is 0 Å². The third-order valence-electron chi connectivity index (χ3n) is 2.67. The maximum absolute atomic E-state index is 13.4. The van der Waals surface area contributed by atoms with Gasteiger partial charge in [-0.1, -0.05) is 41.4 Å². The summed E-state index contributed by atoms with van der Waals surface area (Å²) in [7, 11) is 0. The van der Waals surface area contributed by atoms with Crippen molar-refractivity contribution in [2.24, 2.45) is 0 Å². The number of amides is 1. The first kappa shape index (κ1) is 15.5. The highest BCUT2D eigenvalue weighted by Gasteiger charge is 2.11. The van der Waals surface area contributed by atoms with Gasteiger partial charge in [-0.25, -0.2) is 9.07 Å². The quantitative estimate of drug-likeness (QED) is 0.933. The molecular weight excluding hydrogens is 320 g/mol. The minimum Gasteiger partial charge on any atom is -0.350 e. The lowest BCUT2D eigenvalue weighted by Gasteiger charge is -2.08. The lowest BCUT2D eigenvalue weighted by molar-refractivity contribution is -0.122. The van der Waals surface area contributed by atoms with Crippen LogP contribution in [0.15, 0.2) is 35.3 Å². The molecule has 0 aliphatic carbocycles. The largest absolute Gasteiger partial charge is 0.350 e. The molecule has 2 rings (SSSR count). The molecule has 0 atom stereocenters. The van der Waals surface area contributed by atoms with Crippen LogP contribution in [0.5, 0.6) is 0 Å². The zero-order valence-electron chi connectivity index (χ0n) is 10.6. The summed E-state index contributed by atoms with van der Waals surface area (Å²) < 4.78 is 14.3. The number of benzene rings is 1. The number of carbonyl (C=O) groups is 1. The predicted octanol–water partition coefficient (Wildman–Crippen LogP) is 2.01. The van der Waals surface area contributed by atoms with Crippen molar-refractivity contribution in [1.82, 2.24) is 15.1 Å². The van der Waals surface area contributed by atoms with Gasteiger partial charge in [0.1, 0.15) is 17.4 Å². The fraction of sp³-hybridized carbons (Fsp3) is 0.154. The number of hydrogen-bond acceptors (Lipinski definition) is 3. The summed E-state index contributed by atoms with van der Waals surface area (Å²) in [5.41, 5.74) is -0.314. The molecule has 0 aliphatic heterocycles. The van der Waals surface area contributed by atoms with Gasteiger partial charge in [0.05, 0.1) is 11.2 Å². The SMILES string of the molecule is O=C(Cn1ncc(Cl)c(Cl)c1=O)NCc1ccccc1F. The summed E-state index contributed by atoms with van der Waals surface area (Å²) in [6, 6.07) is 6.07. The highest BCUT2D eigenvalue weighted by molar-refractivity contribution is 6.41. The Morgan fingerprint density at radius 1 is 1.33 bits per heavy atom. The van der Waals surface area contributed by atoms with Crippen LogP contribution in [0.1, 0.15) is 5.56 Å². The number of hydrogen-bond donors (Lipinski definition) is 1. The van der Waals surface area contributed by atoms with Crippen LogP contribution in [-0.4, -0.2) is 15.7 Å². The van der Waals surface area contributed by atoms with Gasteiger partial charge in [0.15, 0.2) is 0 Å². The summed E-state index contributed by atoms with van der Waals surface area (Å²) >= 11 is 11.3. The minimum atomic E-state index is -0.662. The van der Waals surface area contributed by atoms with E-state index in [1.54, 1.807) is 18.2 Å². The van der Waals surface area contributed by atoms with Crippen molar-refractivity contribution >= 4 is 29.1 Å². The summed E-state index contributed by atoms with van der Waals surface area (Å²) in [6.45, 7) is -0.314. The van der Waals surface area contributed by atoms with Gasteiger partial charge < -0.3 is 5.32 Å². The Bertz CT molecular complexity index is 734. The maximum atomic E-state index is 13.4. The minimum absolute atomic E-state index is 0.0155. The fourth-order valence-corrected chi connectivity index (χ4v) is 1.86. The summed E-state index contributed by atoms with van der Waals surface area (Å²) in [5, 5.41) is 6.02. The summed E-state index contributed by atoms with van der Waals surface area (Å²) in [4.78, 5) is 23.4. The molecule has 0 unspecified atom stereocenters. The van der Waals surface area contributed by atoms with Crippen molar-refractivity contribution in [3.05, 3.63) is 62.2 Å². The molecule has 5 nitrogen and oxygen atoms in total. The number of halogens is 3. The Morgan fingerprint density at radius 2 is 2.05 bits per heavy atom. The van der Waals surface area contributed by atoms with Crippen LogP contribution in [0, 0.1) is 5.82 Å². The average Bonchev–Trinajstić information content (AvgIpc) is 2.47. The standard InChI is InChI=1S/C13H10Cl2FN3O2/c14-9-6-18-19(13(21)12(9)15)7-11(20)17-5-8-3-1-2-4-10(8)16/h1-4,6H,5,7H2,(H,17,20). The average molecular weight is 330 g/mol. The second-order valence-electron chi connectivity index (χ2n) is 4.14. The number of rotatable bonds is 4. The van der Waals surface area contributed by atoms with E-state index < -0.39 is 17.3 Å².